The van der Waals surface area contributed by atoms with Crippen LogP contribution in [0.5, 0.6) is 0 Å². The highest BCUT2D eigenvalue weighted by molar-refractivity contribution is 5.57. The first-order chi connectivity index (χ1) is 8.51. The van der Waals surface area contributed by atoms with Crippen LogP contribution in [0.25, 0.3) is 0 Å². The summed E-state index contributed by atoms with van der Waals surface area (Å²) in [5.41, 5.74) is 8.23. The molecule has 4 heteroatoms. The maximum absolute atomic E-state index is 13.6. The Labute approximate surface area is 108 Å². The lowest BCUT2D eigenvalue weighted by atomic mass is 10.0. The molecule has 0 saturated heterocycles. The highest BCUT2D eigenvalue weighted by Gasteiger charge is 2.15. The fraction of sp³-hybridized carbons (Fsp3) is 0.571. The number of rotatable bonds is 6. The van der Waals surface area contributed by atoms with Crippen LogP contribution >= 0.6 is 0 Å². The minimum absolute atomic E-state index is 0.0782. The van der Waals surface area contributed by atoms with E-state index in [1.807, 2.05) is 13.0 Å². The number of aryl methyl sites for hydroxylation is 1. The Morgan fingerprint density at radius 3 is 2.56 bits per heavy atom. The Morgan fingerprint density at radius 1 is 1.39 bits per heavy atom. The van der Waals surface area contributed by atoms with Crippen LogP contribution in [0.2, 0.25) is 0 Å². The molecule has 0 saturated carbocycles. The highest BCUT2D eigenvalue weighted by atomic mass is 19.1. The summed E-state index contributed by atoms with van der Waals surface area (Å²) in [5.74, 6) is -0.230. The summed E-state index contributed by atoms with van der Waals surface area (Å²) in [6.07, 6.45) is 0.967. The number of anilines is 1. The number of nitrogens with two attached hydrogens (primary N) is 1. The Balaban J connectivity index is 3.21. The summed E-state index contributed by atoms with van der Waals surface area (Å²) in [7, 11) is 0. The number of hydrogen-bond donors (Lipinski definition) is 2. The number of halogens is 1. The molecule has 0 fully saturated rings. The molecule has 1 aromatic rings. The largest absolute Gasteiger partial charge is 0.395 e. The summed E-state index contributed by atoms with van der Waals surface area (Å²) < 4.78 is 13.6. The van der Waals surface area contributed by atoms with Gasteiger partial charge in [0, 0.05) is 24.8 Å². The second kappa shape index (κ2) is 6.71. The summed E-state index contributed by atoms with van der Waals surface area (Å²) >= 11 is 0. The topological polar surface area (TPSA) is 49.5 Å². The lowest BCUT2D eigenvalue weighted by molar-refractivity contribution is 0.301. The van der Waals surface area contributed by atoms with Crippen LogP contribution < -0.4 is 10.6 Å². The lowest BCUT2D eigenvalue weighted by Crippen LogP contribution is -2.29. The number of aliphatic hydroxyl groups excluding tert-OH is 1. The van der Waals surface area contributed by atoms with Gasteiger partial charge in [0.15, 0.2) is 0 Å². The van der Waals surface area contributed by atoms with Crippen molar-refractivity contribution >= 4 is 5.69 Å². The second-order valence-corrected chi connectivity index (χ2v) is 4.66. The smallest absolute Gasteiger partial charge is 0.126 e. The van der Waals surface area contributed by atoms with Crippen LogP contribution in [0, 0.1) is 12.7 Å². The van der Waals surface area contributed by atoms with Crippen molar-refractivity contribution in [3.63, 3.8) is 0 Å². The molecule has 3 N–H and O–H groups in total. The fourth-order valence-corrected chi connectivity index (χ4v) is 2.06. The van der Waals surface area contributed by atoms with Crippen molar-refractivity contribution in [2.75, 3.05) is 24.6 Å². The van der Waals surface area contributed by atoms with Gasteiger partial charge in [-0.15, -0.1) is 0 Å². The number of benzene rings is 1. The first kappa shape index (κ1) is 14.9. The monoisotopic (exact) mass is 254 g/mol. The van der Waals surface area contributed by atoms with Crippen molar-refractivity contribution in [2.45, 2.75) is 33.2 Å². The Morgan fingerprint density at radius 2 is 2.06 bits per heavy atom. The maximum Gasteiger partial charge on any atom is 0.126 e. The summed E-state index contributed by atoms with van der Waals surface area (Å²) in [5, 5.41) is 9.13. The van der Waals surface area contributed by atoms with Gasteiger partial charge in [0.05, 0.1) is 6.61 Å². The van der Waals surface area contributed by atoms with Gasteiger partial charge < -0.3 is 15.7 Å². The molecule has 0 amide bonds. The molecular formula is C14H23FN2O. The van der Waals surface area contributed by atoms with Gasteiger partial charge in [0.2, 0.25) is 0 Å². The van der Waals surface area contributed by atoms with Crippen LogP contribution in [-0.2, 0) is 0 Å². The van der Waals surface area contributed by atoms with E-state index < -0.39 is 0 Å². The predicted octanol–water partition coefficient (Wildman–Crippen LogP) is 2.36. The van der Waals surface area contributed by atoms with E-state index in [0.717, 1.165) is 24.2 Å². The summed E-state index contributed by atoms with van der Waals surface area (Å²) in [4.78, 5) is 2.06. The van der Waals surface area contributed by atoms with Gasteiger partial charge in [-0.1, -0.05) is 6.92 Å². The van der Waals surface area contributed by atoms with E-state index in [0.29, 0.717) is 12.1 Å². The second-order valence-electron chi connectivity index (χ2n) is 4.66. The van der Waals surface area contributed by atoms with Gasteiger partial charge in [-0.3, -0.25) is 0 Å². The third kappa shape index (κ3) is 3.43. The first-order valence-electron chi connectivity index (χ1n) is 6.42. The summed E-state index contributed by atoms with van der Waals surface area (Å²) in [6.45, 7) is 7.11. The SMILES string of the molecule is CCCN(CCO)c1cc(C)c(F)cc1[C@H](C)N. The number of aliphatic hydroxyl groups is 1. The van der Waals surface area contributed by atoms with Gasteiger partial charge in [-0.2, -0.15) is 0 Å². The van der Waals surface area contributed by atoms with Crippen LogP contribution in [-0.4, -0.2) is 24.8 Å². The average Bonchev–Trinajstić information content (AvgIpc) is 2.31. The van der Waals surface area contributed by atoms with E-state index >= 15 is 0 Å². The molecule has 0 aliphatic heterocycles. The Hall–Kier alpha value is -1.13. The zero-order valence-corrected chi connectivity index (χ0v) is 11.4. The van der Waals surface area contributed by atoms with Gasteiger partial charge >= 0.3 is 0 Å². The van der Waals surface area contributed by atoms with Crippen molar-refractivity contribution in [3.05, 3.63) is 29.1 Å². The van der Waals surface area contributed by atoms with Crippen molar-refractivity contribution in [1.82, 2.24) is 0 Å². The van der Waals surface area contributed by atoms with E-state index in [1.54, 1.807) is 6.92 Å². The third-order valence-electron chi connectivity index (χ3n) is 3.00. The van der Waals surface area contributed by atoms with Crippen LogP contribution in [0.1, 0.15) is 37.4 Å². The van der Waals surface area contributed by atoms with Crippen molar-refractivity contribution in [3.8, 4) is 0 Å². The van der Waals surface area contributed by atoms with Gasteiger partial charge in [0.25, 0.3) is 0 Å². The van der Waals surface area contributed by atoms with E-state index in [4.69, 9.17) is 10.8 Å². The van der Waals surface area contributed by atoms with Crippen LogP contribution in [0.15, 0.2) is 12.1 Å². The van der Waals surface area contributed by atoms with Crippen molar-refractivity contribution in [2.24, 2.45) is 5.73 Å². The normalized spacial score (nSPS) is 12.6. The standard InChI is InChI=1S/C14H23FN2O/c1-4-5-17(6-7-18)14-8-10(2)13(15)9-12(14)11(3)16/h8-9,11,18H,4-7,16H2,1-3H3/t11-/m0/s1. The Bertz CT molecular complexity index is 388. The van der Waals surface area contributed by atoms with Crippen LogP contribution in [0.3, 0.4) is 0 Å². The summed E-state index contributed by atoms with van der Waals surface area (Å²) in [6, 6.07) is 3.10. The first-order valence-corrected chi connectivity index (χ1v) is 6.42. The molecule has 0 bridgehead atoms. The molecule has 0 heterocycles. The molecule has 0 unspecified atom stereocenters. The lowest BCUT2D eigenvalue weighted by Gasteiger charge is -2.28. The number of nitrogens with zero attached hydrogens (tertiary/aromatic N) is 1. The fourth-order valence-electron chi connectivity index (χ4n) is 2.06. The zero-order chi connectivity index (χ0) is 13.7. The molecule has 18 heavy (non-hydrogen) atoms. The molecule has 0 aliphatic carbocycles. The quantitative estimate of drug-likeness (QED) is 0.819. The minimum Gasteiger partial charge on any atom is -0.395 e. The molecular weight excluding hydrogens is 231 g/mol. The molecule has 0 spiro atoms. The van der Waals surface area contributed by atoms with Gasteiger partial charge in [-0.05, 0) is 43.5 Å². The van der Waals surface area contributed by atoms with Crippen LogP contribution in [0.4, 0.5) is 10.1 Å². The van der Waals surface area contributed by atoms with Gasteiger partial charge in [0.1, 0.15) is 5.82 Å². The molecule has 1 atom stereocenters. The van der Waals surface area contributed by atoms with Crippen molar-refractivity contribution in [1.29, 1.82) is 0 Å². The predicted molar refractivity (Wildman–Crippen MR) is 73.3 cm³/mol. The van der Waals surface area contributed by atoms with E-state index in [-0.39, 0.29) is 18.5 Å². The molecule has 0 aliphatic rings. The molecule has 0 radical (unpaired) electrons. The maximum atomic E-state index is 13.6. The third-order valence-corrected chi connectivity index (χ3v) is 3.00. The minimum atomic E-state index is -0.230. The highest BCUT2D eigenvalue weighted by Crippen LogP contribution is 2.28. The van der Waals surface area contributed by atoms with E-state index in [9.17, 15) is 4.39 Å². The van der Waals surface area contributed by atoms with E-state index in [2.05, 4.69) is 11.8 Å². The van der Waals surface area contributed by atoms with Gasteiger partial charge in [-0.25, -0.2) is 4.39 Å². The van der Waals surface area contributed by atoms with E-state index in [1.165, 1.54) is 6.07 Å². The molecule has 3 nitrogen and oxygen atoms in total. The molecule has 1 aromatic carbocycles. The van der Waals surface area contributed by atoms with Crippen molar-refractivity contribution < 1.29 is 9.50 Å². The molecule has 1 rings (SSSR count). The zero-order valence-electron chi connectivity index (χ0n) is 11.4. The average molecular weight is 254 g/mol. The Kier molecular flexibility index (Phi) is 5.56. The number of hydrogen-bond acceptors (Lipinski definition) is 3. The molecule has 102 valence electrons. The molecule has 0 aromatic heterocycles.